The van der Waals surface area contributed by atoms with Crippen molar-refractivity contribution in [2.75, 3.05) is 26.8 Å². The predicted octanol–water partition coefficient (Wildman–Crippen LogP) is 1.65. The van der Waals surface area contributed by atoms with Gasteiger partial charge in [0.15, 0.2) is 11.8 Å². The fraction of sp³-hybridized carbons (Fsp3) is 0.292. The molecule has 11 nitrogen and oxygen atoms in total. The molecule has 182 valence electrons. The second kappa shape index (κ2) is 10.8. The molecule has 0 aliphatic heterocycles. The van der Waals surface area contributed by atoms with Crippen LogP contribution < -0.4 is 10.6 Å². The molecule has 1 unspecified atom stereocenters. The van der Waals surface area contributed by atoms with Crippen LogP contribution in [-0.4, -0.2) is 71.0 Å². The lowest BCUT2D eigenvalue weighted by Gasteiger charge is -2.17. The lowest BCUT2D eigenvalue weighted by molar-refractivity contribution is -0.130. The molecule has 3 aromatic rings. The predicted molar refractivity (Wildman–Crippen MR) is 124 cm³/mol. The molecule has 1 aliphatic rings. The quantitative estimate of drug-likeness (QED) is 0.398. The van der Waals surface area contributed by atoms with E-state index in [-0.39, 0.29) is 37.9 Å². The third kappa shape index (κ3) is 5.46. The SMILES string of the molecule is COC(CNC(=O)OCC1c2ccccc2-c2ccccc21)C(=O)NCCn1cc(C(=O)O)nn1. The summed E-state index contributed by atoms with van der Waals surface area (Å²) in [4.78, 5) is 35.5. The third-order valence-corrected chi connectivity index (χ3v) is 5.75. The zero-order valence-electron chi connectivity index (χ0n) is 19.0. The molecule has 1 aromatic heterocycles. The molecule has 1 heterocycles. The molecule has 0 saturated carbocycles. The van der Waals surface area contributed by atoms with Crippen LogP contribution in [0, 0.1) is 0 Å². The highest BCUT2D eigenvalue weighted by molar-refractivity contribution is 5.84. The molecular formula is C24H25N5O6. The van der Waals surface area contributed by atoms with Gasteiger partial charge in [-0.05, 0) is 22.3 Å². The summed E-state index contributed by atoms with van der Waals surface area (Å²) in [6, 6.07) is 16.1. The van der Waals surface area contributed by atoms with Crippen molar-refractivity contribution in [2.45, 2.75) is 18.6 Å². The highest BCUT2D eigenvalue weighted by atomic mass is 16.5. The van der Waals surface area contributed by atoms with Gasteiger partial charge >= 0.3 is 12.1 Å². The molecule has 1 aliphatic carbocycles. The number of rotatable bonds is 10. The van der Waals surface area contributed by atoms with E-state index in [1.807, 2.05) is 36.4 Å². The number of aromatic carboxylic acids is 1. The van der Waals surface area contributed by atoms with Gasteiger partial charge < -0.3 is 25.2 Å². The minimum Gasteiger partial charge on any atom is -0.476 e. The van der Waals surface area contributed by atoms with Crippen LogP contribution in [0.3, 0.4) is 0 Å². The zero-order chi connectivity index (χ0) is 24.8. The summed E-state index contributed by atoms with van der Waals surface area (Å²) in [7, 11) is 1.36. The Labute approximate surface area is 201 Å². The van der Waals surface area contributed by atoms with Crippen LogP contribution >= 0.6 is 0 Å². The number of carbonyl (C=O) groups is 3. The molecule has 35 heavy (non-hydrogen) atoms. The lowest BCUT2D eigenvalue weighted by Crippen LogP contribution is -2.44. The highest BCUT2D eigenvalue weighted by Crippen LogP contribution is 2.44. The summed E-state index contributed by atoms with van der Waals surface area (Å²) >= 11 is 0. The van der Waals surface area contributed by atoms with E-state index >= 15 is 0 Å². The fourth-order valence-corrected chi connectivity index (χ4v) is 4.02. The van der Waals surface area contributed by atoms with E-state index in [1.165, 1.54) is 18.0 Å². The summed E-state index contributed by atoms with van der Waals surface area (Å²) in [5.74, 6) is -1.68. The van der Waals surface area contributed by atoms with Gasteiger partial charge in [-0.3, -0.25) is 4.79 Å². The zero-order valence-corrected chi connectivity index (χ0v) is 19.0. The van der Waals surface area contributed by atoms with Gasteiger partial charge in [-0.25, -0.2) is 14.3 Å². The van der Waals surface area contributed by atoms with Gasteiger partial charge in [0.05, 0.1) is 19.3 Å². The number of aromatic nitrogens is 3. The number of carboxylic acid groups (broad SMARTS) is 1. The minimum absolute atomic E-state index is 0.0619. The number of ether oxygens (including phenoxy) is 2. The maximum atomic E-state index is 12.4. The number of benzene rings is 2. The molecule has 0 saturated heterocycles. The van der Waals surface area contributed by atoms with Crippen LogP contribution in [0.2, 0.25) is 0 Å². The Hall–Kier alpha value is -4.25. The minimum atomic E-state index is -1.18. The van der Waals surface area contributed by atoms with Crippen molar-refractivity contribution in [3.63, 3.8) is 0 Å². The molecule has 1 atom stereocenters. The fourth-order valence-electron chi connectivity index (χ4n) is 4.02. The van der Waals surface area contributed by atoms with Crippen LogP contribution in [0.4, 0.5) is 4.79 Å². The number of carboxylic acids is 1. The number of methoxy groups -OCH3 is 1. The van der Waals surface area contributed by atoms with Crippen molar-refractivity contribution in [1.29, 1.82) is 0 Å². The molecule has 11 heteroatoms. The molecule has 0 spiro atoms. The van der Waals surface area contributed by atoms with Crippen molar-refractivity contribution in [3.05, 3.63) is 71.5 Å². The van der Waals surface area contributed by atoms with Gasteiger partial charge in [-0.2, -0.15) is 0 Å². The van der Waals surface area contributed by atoms with E-state index in [1.54, 1.807) is 0 Å². The van der Waals surface area contributed by atoms with Crippen molar-refractivity contribution in [1.82, 2.24) is 25.6 Å². The van der Waals surface area contributed by atoms with E-state index in [9.17, 15) is 14.4 Å². The second-order valence-corrected chi connectivity index (χ2v) is 7.89. The number of amides is 2. The van der Waals surface area contributed by atoms with Crippen molar-refractivity contribution in [2.24, 2.45) is 0 Å². The van der Waals surface area contributed by atoms with E-state index in [2.05, 4.69) is 33.1 Å². The first-order valence-corrected chi connectivity index (χ1v) is 11.0. The first-order valence-electron chi connectivity index (χ1n) is 11.0. The van der Waals surface area contributed by atoms with Crippen LogP contribution in [0.25, 0.3) is 11.1 Å². The normalized spacial score (nSPS) is 12.9. The van der Waals surface area contributed by atoms with Crippen LogP contribution in [0.15, 0.2) is 54.7 Å². The molecule has 2 amide bonds. The first-order chi connectivity index (χ1) is 17.0. The Bertz CT molecular complexity index is 1180. The van der Waals surface area contributed by atoms with Gasteiger partial charge in [-0.15, -0.1) is 5.10 Å². The number of carbonyl (C=O) groups excluding carboxylic acids is 2. The van der Waals surface area contributed by atoms with E-state index < -0.39 is 24.1 Å². The van der Waals surface area contributed by atoms with Gasteiger partial charge in [0.1, 0.15) is 6.61 Å². The van der Waals surface area contributed by atoms with Crippen molar-refractivity contribution in [3.8, 4) is 11.1 Å². The van der Waals surface area contributed by atoms with E-state index in [4.69, 9.17) is 14.6 Å². The Balaban J connectivity index is 1.24. The molecular weight excluding hydrogens is 454 g/mol. The summed E-state index contributed by atoms with van der Waals surface area (Å²) in [6.45, 7) is 0.486. The number of nitrogens with one attached hydrogen (secondary N) is 2. The van der Waals surface area contributed by atoms with Gasteiger partial charge in [0.2, 0.25) is 0 Å². The first kappa shape index (κ1) is 23.9. The number of hydrogen-bond acceptors (Lipinski definition) is 7. The Kier molecular flexibility index (Phi) is 7.36. The average molecular weight is 479 g/mol. The summed E-state index contributed by atoms with van der Waals surface area (Å²) in [6.07, 6.45) is -0.313. The summed E-state index contributed by atoms with van der Waals surface area (Å²) < 4.78 is 12.0. The second-order valence-electron chi connectivity index (χ2n) is 7.89. The smallest absolute Gasteiger partial charge is 0.407 e. The summed E-state index contributed by atoms with van der Waals surface area (Å²) in [5.41, 5.74) is 4.31. The van der Waals surface area contributed by atoms with Crippen LogP contribution in [0.1, 0.15) is 27.5 Å². The third-order valence-electron chi connectivity index (χ3n) is 5.75. The molecule has 0 radical (unpaired) electrons. The van der Waals surface area contributed by atoms with Gasteiger partial charge in [-0.1, -0.05) is 53.7 Å². The maximum Gasteiger partial charge on any atom is 0.407 e. The monoisotopic (exact) mass is 479 g/mol. The number of alkyl carbamates (subject to hydrolysis) is 1. The maximum absolute atomic E-state index is 12.4. The average Bonchev–Trinajstić information content (AvgIpc) is 3.46. The topological polar surface area (TPSA) is 145 Å². The number of hydrogen-bond donors (Lipinski definition) is 3. The van der Waals surface area contributed by atoms with E-state index in [0.29, 0.717) is 0 Å². The molecule has 4 rings (SSSR count). The van der Waals surface area contributed by atoms with Crippen molar-refractivity contribution < 1.29 is 29.0 Å². The Morgan fingerprint density at radius 3 is 2.31 bits per heavy atom. The Morgan fingerprint density at radius 1 is 1.06 bits per heavy atom. The summed E-state index contributed by atoms with van der Waals surface area (Å²) in [5, 5.41) is 21.3. The highest BCUT2D eigenvalue weighted by Gasteiger charge is 2.29. The van der Waals surface area contributed by atoms with Crippen molar-refractivity contribution >= 4 is 18.0 Å². The van der Waals surface area contributed by atoms with Crippen LogP contribution in [-0.2, 0) is 20.8 Å². The largest absolute Gasteiger partial charge is 0.476 e. The standard InChI is InChI=1S/C24H25N5O6/c1-34-21(22(30)25-10-11-29-13-20(23(31)32)27-28-29)12-26-24(33)35-14-19-17-8-4-2-6-15(17)16-7-3-5-9-18(16)19/h2-9,13,19,21H,10-12,14H2,1H3,(H,25,30)(H,26,33)(H,31,32). The molecule has 0 bridgehead atoms. The van der Waals surface area contributed by atoms with Gasteiger partial charge in [0, 0.05) is 19.6 Å². The number of nitrogens with zero attached hydrogens (tertiary/aromatic N) is 3. The Morgan fingerprint density at radius 2 is 1.71 bits per heavy atom. The molecule has 2 aromatic carbocycles. The lowest BCUT2D eigenvalue weighted by atomic mass is 9.98. The van der Waals surface area contributed by atoms with Gasteiger partial charge in [0.25, 0.3) is 5.91 Å². The van der Waals surface area contributed by atoms with E-state index in [0.717, 1.165) is 22.3 Å². The number of fused-ring (bicyclic) bond motifs is 3. The molecule has 3 N–H and O–H groups in total. The van der Waals surface area contributed by atoms with Crippen LogP contribution in [0.5, 0.6) is 0 Å². The molecule has 0 fully saturated rings.